The highest BCUT2D eigenvalue weighted by Crippen LogP contribution is 2.25. The SMILES string of the molecule is COc1ccc(COc2ccc3c(n2)NC(=O)CN3)cc1. The third kappa shape index (κ3) is 3.05. The van der Waals surface area contributed by atoms with E-state index in [2.05, 4.69) is 15.6 Å². The molecule has 3 rings (SSSR count). The zero-order valence-electron chi connectivity index (χ0n) is 11.6. The van der Waals surface area contributed by atoms with Gasteiger partial charge in [0.1, 0.15) is 12.4 Å². The number of rotatable bonds is 4. The van der Waals surface area contributed by atoms with Crippen LogP contribution < -0.4 is 20.1 Å². The van der Waals surface area contributed by atoms with Crippen molar-refractivity contribution in [3.8, 4) is 11.6 Å². The molecule has 0 aliphatic carbocycles. The summed E-state index contributed by atoms with van der Waals surface area (Å²) >= 11 is 0. The van der Waals surface area contributed by atoms with Crippen LogP contribution in [0.25, 0.3) is 0 Å². The predicted molar refractivity (Wildman–Crippen MR) is 78.7 cm³/mol. The van der Waals surface area contributed by atoms with Gasteiger partial charge in [0.2, 0.25) is 11.8 Å². The summed E-state index contributed by atoms with van der Waals surface area (Å²) in [4.78, 5) is 15.6. The fourth-order valence-electron chi connectivity index (χ4n) is 1.99. The number of amides is 1. The maximum absolute atomic E-state index is 11.3. The Morgan fingerprint density at radius 3 is 2.76 bits per heavy atom. The first-order valence-electron chi connectivity index (χ1n) is 6.55. The molecule has 1 amide bonds. The van der Waals surface area contributed by atoms with Crippen LogP contribution >= 0.6 is 0 Å². The van der Waals surface area contributed by atoms with Gasteiger partial charge in [0.05, 0.1) is 19.3 Å². The van der Waals surface area contributed by atoms with E-state index in [0.717, 1.165) is 17.0 Å². The van der Waals surface area contributed by atoms with Gasteiger partial charge in [0.25, 0.3) is 0 Å². The zero-order chi connectivity index (χ0) is 14.7. The van der Waals surface area contributed by atoms with E-state index in [9.17, 15) is 4.79 Å². The lowest BCUT2D eigenvalue weighted by Crippen LogP contribution is -2.28. The van der Waals surface area contributed by atoms with E-state index in [0.29, 0.717) is 18.3 Å². The topological polar surface area (TPSA) is 72.5 Å². The average Bonchev–Trinajstić information content (AvgIpc) is 2.53. The van der Waals surface area contributed by atoms with Gasteiger partial charge < -0.3 is 20.1 Å². The third-order valence-corrected chi connectivity index (χ3v) is 3.11. The van der Waals surface area contributed by atoms with Crippen molar-refractivity contribution >= 4 is 17.4 Å². The molecule has 0 saturated carbocycles. The van der Waals surface area contributed by atoms with Gasteiger partial charge in [-0.2, -0.15) is 4.98 Å². The summed E-state index contributed by atoms with van der Waals surface area (Å²) < 4.78 is 10.7. The molecule has 0 atom stereocenters. The molecule has 6 nitrogen and oxygen atoms in total. The second-order valence-electron chi connectivity index (χ2n) is 4.58. The number of aromatic nitrogens is 1. The summed E-state index contributed by atoms with van der Waals surface area (Å²) in [5, 5.41) is 5.69. The third-order valence-electron chi connectivity index (χ3n) is 3.11. The lowest BCUT2D eigenvalue weighted by Gasteiger charge is -2.18. The second-order valence-corrected chi connectivity index (χ2v) is 4.58. The number of ether oxygens (including phenoxy) is 2. The van der Waals surface area contributed by atoms with E-state index in [-0.39, 0.29) is 12.5 Å². The molecule has 2 aromatic rings. The molecule has 0 bridgehead atoms. The Bertz CT molecular complexity index is 656. The van der Waals surface area contributed by atoms with Crippen molar-refractivity contribution in [2.45, 2.75) is 6.61 Å². The van der Waals surface area contributed by atoms with E-state index >= 15 is 0 Å². The summed E-state index contributed by atoms with van der Waals surface area (Å²) in [6, 6.07) is 11.2. The minimum Gasteiger partial charge on any atom is -0.497 e. The van der Waals surface area contributed by atoms with E-state index in [1.54, 1.807) is 13.2 Å². The quantitative estimate of drug-likeness (QED) is 0.899. The Hall–Kier alpha value is -2.76. The van der Waals surface area contributed by atoms with Gasteiger partial charge in [-0.25, -0.2) is 0 Å². The van der Waals surface area contributed by atoms with Crippen molar-refractivity contribution in [3.63, 3.8) is 0 Å². The van der Waals surface area contributed by atoms with Crippen LogP contribution in [0.5, 0.6) is 11.6 Å². The smallest absolute Gasteiger partial charge is 0.244 e. The molecule has 108 valence electrons. The molecule has 1 aliphatic rings. The molecule has 0 fully saturated rings. The molecule has 0 radical (unpaired) electrons. The zero-order valence-corrected chi connectivity index (χ0v) is 11.6. The van der Waals surface area contributed by atoms with Gasteiger partial charge in [-0.3, -0.25) is 4.79 Å². The number of carbonyl (C=O) groups excluding carboxylic acids is 1. The molecule has 2 heterocycles. The summed E-state index contributed by atoms with van der Waals surface area (Å²) in [6.07, 6.45) is 0. The Labute approximate surface area is 122 Å². The van der Waals surface area contributed by atoms with Crippen LogP contribution in [-0.4, -0.2) is 24.5 Å². The van der Waals surface area contributed by atoms with E-state index < -0.39 is 0 Å². The standard InChI is InChI=1S/C15H15N3O3/c1-20-11-4-2-10(3-5-11)9-21-14-7-6-12-15(18-14)17-13(19)8-16-12/h2-7,16H,8-9H2,1H3,(H,17,18,19). The molecule has 0 spiro atoms. The second kappa shape index (κ2) is 5.70. The Kier molecular flexibility index (Phi) is 3.59. The molecule has 1 aliphatic heterocycles. The van der Waals surface area contributed by atoms with Gasteiger partial charge in [0, 0.05) is 6.07 Å². The first-order chi connectivity index (χ1) is 10.2. The molecule has 0 saturated heterocycles. The van der Waals surface area contributed by atoms with Crippen LogP contribution in [0.2, 0.25) is 0 Å². The number of anilines is 2. The monoisotopic (exact) mass is 285 g/mol. The van der Waals surface area contributed by atoms with E-state index in [1.165, 1.54) is 0 Å². The highest BCUT2D eigenvalue weighted by atomic mass is 16.5. The van der Waals surface area contributed by atoms with Crippen LogP contribution in [-0.2, 0) is 11.4 Å². The molecule has 2 N–H and O–H groups in total. The maximum Gasteiger partial charge on any atom is 0.244 e. The molecular weight excluding hydrogens is 270 g/mol. The number of carbonyl (C=O) groups is 1. The lowest BCUT2D eigenvalue weighted by molar-refractivity contribution is -0.114. The number of hydrogen-bond acceptors (Lipinski definition) is 5. The Morgan fingerprint density at radius 1 is 1.19 bits per heavy atom. The van der Waals surface area contributed by atoms with Gasteiger partial charge in [-0.1, -0.05) is 12.1 Å². The molecule has 21 heavy (non-hydrogen) atoms. The van der Waals surface area contributed by atoms with Crippen molar-refractivity contribution in [1.29, 1.82) is 0 Å². The largest absolute Gasteiger partial charge is 0.497 e. The molecule has 1 aromatic carbocycles. The van der Waals surface area contributed by atoms with Crippen LogP contribution in [0, 0.1) is 0 Å². The summed E-state index contributed by atoms with van der Waals surface area (Å²) in [5.74, 6) is 1.66. The maximum atomic E-state index is 11.3. The van der Waals surface area contributed by atoms with Crippen LogP contribution in [0.1, 0.15) is 5.56 Å². The summed E-state index contributed by atoms with van der Waals surface area (Å²) in [6.45, 7) is 0.665. The van der Waals surface area contributed by atoms with Crippen LogP contribution in [0.3, 0.4) is 0 Å². The number of nitrogens with zero attached hydrogens (tertiary/aromatic N) is 1. The summed E-state index contributed by atoms with van der Waals surface area (Å²) in [7, 11) is 1.63. The average molecular weight is 285 g/mol. The van der Waals surface area contributed by atoms with E-state index in [4.69, 9.17) is 9.47 Å². The van der Waals surface area contributed by atoms with Crippen molar-refractivity contribution in [3.05, 3.63) is 42.0 Å². The number of nitrogens with one attached hydrogen (secondary N) is 2. The highest BCUT2D eigenvalue weighted by molar-refractivity contribution is 5.99. The molecular formula is C15H15N3O3. The van der Waals surface area contributed by atoms with Crippen molar-refractivity contribution in [2.75, 3.05) is 24.3 Å². The van der Waals surface area contributed by atoms with Crippen molar-refractivity contribution < 1.29 is 14.3 Å². The highest BCUT2D eigenvalue weighted by Gasteiger charge is 2.15. The predicted octanol–water partition coefficient (Wildman–Crippen LogP) is 2.03. The van der Waals surface area contributed by atoms with Gasteiger partial charge >= 0.3 is 0 Å². The van der Waals surface area contributed by atoms with Crippen molar-refractivity contribution in [1.82, 2.24) is 4.98 Å². The number of fused-ring (bicyclic) bond motifs is 1. The van der Waals surface area contributed by atoms with Crippen LogP contribution in [0.4, 0.5) is 11.5 Å². The Balaban J connectivity index is 1.67. The lowest BCUT2D eigenvalue weighted by atomic mass is 10.2. The normalized spacial score (nSPS) is 12.9. The number of hydrogen-bond donors (Lipinski definition) is 2. The minimum atomic E-state index is -0.109. The van der Waals surface area contributed by atoms with E-state index in [1.807, 2.05) is 30.3 Å². The summed E-state index contributed by atoms with van der Waals surface area (Å²) in [5.41, 5.74) is 1.81. The Morgan fingerprint density at radius 2 is 2.00 bits per heavy atom. The van der Waals surface area contributed by atoms with Gasteiger partial charge in [0.15, 0.2) is 5.82 Å². The number of pyridine rings is 1. The fraction of sp³-hybridized carbons (Fsp3) is 0.200. The fourth-order valence-corrected chi connectivity index (χ4v) is 1.99. The number of methoxy groups -OCH3 is 1. The molecule has 1 aromatic heterocycles. The van der Waals surface area contributed by atoms with Crippen LogP contribution in [0.15, 0.2) is 36.4 Å². The van der Waals surface area contributed by atoms with Crippen molar-refractivity contribution in [2.24, 2.45) is 0 Å². The number of benzene rings is 1. The first kappa shape index (κ1) is 13.2. The minimum absolute atomic E-state index is 0.109. The van der Waals surface area contributed by atoms with Gasteiger partial charge in [-0.05, 0) is 23.8 Å². The van der Waals surface area contributed by atoms with Gasteiger partial charge in [-0.15, -0.1) is 0 Å². The molecule has 6 heteroatoms. The first-order valence-corrected chi connectivity index (χ1v) is 6.55. The molecule has 0 unspecified atom stereocenters.